The molecule has 3 rings (SSSR count). The molecule has 0 spiro atoms. The number of nitrogens with one attached hydrogen (secondary N) is 1. The maximum Gasteiger partial charge on any atom is 0.255 e. The van der Waals surface area contributed by atoms with Crippen molar-refractivity contribution >= 4 is 0 Å². The molecule has 0 fully saturated rings. The molecule has 104 valence electrons. The van der Waals surface area contributed by atoms with Crippen LogP contribution in [-0.4, -0.2) is 15.0 Å². The van der Waals surface area contributed by atoms with Gasteiger partial charge >= 0.3 is 0 Å². The van der Waals surface area contributed by atoms with Crippen LogP contribution in [0.25, 0.3) is 22.5 Å². The van der Waals surface area contributed by atoms with Crippen LogP contribution in [-0.2, 0) is 6.42 Å². The first kappa shape index (κ1) is 13.2. The minimum absolute atomic E-state index is 0.112. The number of hydrogen-bond acceptors (Lipinski definition) is 3. The van der Waals surface area contributed by atoms with E-state index in [0.717, 1.165) is 17.5 Å². The number of rotatable bonds is 3. The van der Waals surface area contributed by atoms with Gasteiger partial charge in [0.1, 0.15) is 0 Å². The molecule has 21 heavy (non-hydrogen) atoms. The zero-order valence-corrected chi connectivity index (χ0v) is 11.7. The summed E-state index contributed by atoms with van der Waals surface area (Å²) in [6.07, 6.45) is 5.99. The highest BCUT2D eigenvalue weighted by atomic mass is 16.1. The molecule has 0 aliphatic heterocycles. The Morgan fingerprint density at radius 2 is 1.76 bits per heavy atom. The number of benzene rings is 1. The summed E-state index contributed by atoms with van der Waals surface area (Å²) in [5.74, 6) is 0.597. The first-order valence-corrected chi connectivity index (χ1v) is 6.87. The molecule has 0 saturated carbocycles. The summed E-state index contributed by atoms with van der Waals surface area (Å²) in [4.78, 5) is 23.2. The third-order valence-electron chi connectivity index (χ3n) is 3.40. The molecule has 0 unspecified atom stereocenters. The van der Waals surface area contributed by atoms with Crippen molar-refractivity contribution in [3.8, 4) is 22.5 Å². The maximum atomic E-state index is 12.1. The lowest BCUT2D eigenvalue weighted by molar-refractivity contribution is 1.14. The van der Waals surface area contributed by atoms with Crippen LogP contribution in [0.15, 0.2) is 59.8 Å². The predicted molar refractivity (Wildman–Crippen MR) is 82.9 cm³/mol. The van der Waals surface area contributed by atoms with Crippen molar-refractivity contribution in [3.63, 3.8) is 0 Å². The Bertz CT molecular complexity index is 792. The van der Waals surface area contributed by atoms with Crippen molar-refractivity contribution in [3.05, 3.63) is 70.9 Å². The standard InChI is InChI=1S/C17H15N3O/c1-2-12-4-6-13(7-5-12)15-10-14(11-20-17(15)21)16-18-8-3-9-19-16/h3-11H,2H2,1H3,(H,20,21). The second-order valence-corrected chi connectivity index (χ2v) is 4.75. The summed E-state index contributed by atoms with van der Waals surface area (Å²) >= 11 is 0. The molecule has 0 bridgehead atoms. The lowest BCUT2D eigenvalue weighted by Gasteiger charge is -2.05. The normalized spacial score (nSPS) is 10.5. The van der Waals surface area contributed by atoms with E-state index in [1.807, 2.05) is 30.3 Å². The van der Waals surface area contributed by atoms with Crippen molar-refractivity contribution in [2.45, 2.75) is 13.3 Å². The van der Waals surface area contributed by atoms with E-state index in [0.29, 0.717) is 11.4 Å². The monoisotopic (exact) mass is 277 g/mol. The van der Waals surface area contributed by atoms with Gasteiger partial charge in [0.25, 0.3) is 5.56 Å². The van der Waals surface area contributed by atoms with Crippen molar-refractivity contribution in [2.24, 2.45) is 0 Å². The summed E-state index contributed by atoms with van der Waals surface area (Å²) in [5, 5.41) is 0. The SMILES string of the molecule is CCc1ccc(-c2cc(-c3ncccn3)c[nH]c2=O)cc1. The van der Waals surface area contributed by atoms with Crippen molar-refractivity contribution in [1.29, 1.82) is 0 Å². The third kappa shape index (κ3) is 2.74. The van der Waals surface area contributed by atoms with Gasteiger partial charge in [-0.05, 0) is 29.7 Å². The fraction of sp³-hybridized carbons (Fsp3) is 0.118. The molecule has 3 aromatic rings. The zero-order valence-electron chi connectivity index (χ0n) is 11.7. The van der Waals surface area contributed by atoms with Gasteiger partial charge in [-0.25, -0.2) is 9.97 Å². The van der Waals surface area contributed by atoms with Crippen LogP contribution < -0.4 is 5.56 Å². The Kier molecular flexibility index (Phi) is 3.60. The lowest BCUT2D eigenvalue weighted by Crippen LogP contribution is -2.08. The summed E-state index contributed by atoms with van der Waals surface area (Å²) in [7, 11) is 0. The molecule has 1 N–H and O–H groups in total. The van der Waals surface area contributed by atoms with Crippen LogP contribution in [0.1, 0.15) is 12.5 Å². The predicted octanol–water partition coefficient (Wildman–Crippen LogP) is 3.06. The van der Waals surface area contributed by atoms with E-state index in [-0.39, 0.29) is 5.56 Å². The van der Waals surface area contributed by atoms with Gasteiger partial charge in [-0.15, -0.1) is 0 Å². The maximum absolute atomic E-state index is 12.1. The summed E-state index contributed by atoms with van der Waals surface area (Å²) in [5.41, 5.74) is 3.45. The number of hydrogen-bond donors (Lipinski definition) is 1. The number of aromatic amines is 1. The van der Waals surface area contributed by atoms with E-state index in [9.17, 15) is 4.79 Å². The van der Waals surface area contributed by atoms with Crippen LogP contribution in [0.5, 0.6) is 0 Å². The second kappa shape index (κ2) is 5.71. The molecule has 0 aliphatic carbocycles. The van der Waals surface area contributed by atoms with Gasteiger partial charge in [0.15, 0.2) is 5.82 Å². The average Bonchev–Trinajstić information content (AvgIpc) is 2.56. The fourth-order valence-corrected chi connectivity index (χ4v) is 2.20. The first-order chi connectivity index (χ1) is 10.3. The molecular formula is C17H15N3O. The van der Waals surface area contributed by atoms with E-state index in [1.54, 1.807) is 24.7 Å². The zero-order chi connectivity index (χ0) is 14.7. The molecule has 0 amide bonds. The van der Waals surface area contributed by atoms with E-state index in [4.69, 9.17) is 0 Å². The highest BCUT2D eigenvalue weighted by molar-refractivity contribution is 5.68. The van der Waals surface area contributed by atoms with Crippen molar-refractivity contribution in [2.75, 3.05) is 0 Å². The van der Waals surface area contributed by atoms with Gasteiger partial charge in [0, 0.05) is 29.7 Å². The Morgan fingerprint density at radius 1 is 1.05 bits per heavy atom. The van der Waals surface area contributed by atoms with Gasteiger partial charge < -0.3 is 4.98 Å². The molecular weight excluding hydrogens is 262 g/mol. The number of H-pyrrole nitrogens is 1. The smallest absolute Gasteiger partial charge is 0.255 e. The minimum Gasteiger partial charge on any atom is -0.328 e. The van der Waals surface area contributed by atoms with Gasteiger partial charge in [0.05, 0.1) is 0 Å². The number of aryl methyl sites for hydroxylation is 1. The summed E-state index contributed by atoms with van der Waals surface area (Å²) in [6.45, 7) is 2.11. The Labute approximate surface area is 122 Å². The Hall–Kier alpha value is -2.75. The fourth-order valence-electron chi connectivity index (χ4n) is 2.20. The third-order valence-corrected chi connectivity index (χ3v) is 3.40. The van der Waals surface area contributed by atoms with Crippen LogP contribution in [0, 0.1) is 0 Å². The van der Waals surface area contributed by atoms with E-state index >= 15 is 0 Å². The minimum atomic E-state index is -0.112. The molecule has 2 heterocycles. The molecule has 0 atom stereocenters. The summed E-state index contributed by atoms with van der Waals surface area (Å²) < 4.78 is 0. The van der Waals surface area contributed by atoms with Crippen LogP contribution >= 0.6 is 0 Å². The van der Waals surface area contributed by atoms with E-state index in [2.05, 4.69) is 21.9 Å². The van der Waals surface area contributed by atoms with Gasteiger partial charge in [-0.3, -0.25) is 4.79 Å². The Morgan fingerprint density at radius 3 is 2.43 bits per heavy atom. The average molecular weight is 277 g/mol. The molecule has 0 saturated heterocycles. The largest absolute Gasteiger partial charge is 0.328 e. The topological polar surface area (TPSA) is 58.6 Å². The van der Waals surface area contributed by atoms with Crippen LogP contribution in [0.4, 0.5) is 0 Å². The number of nitrogens with zero attached hydrogens (tertiary/aromatic N) is 2. The van der Waals surface area contributed by atoms with Gasteiger partial charge in [0.2, 0.25) is 0 Å². The highest BCUT2D eigenvalue weighted by Crippen LogP contribution is 2.20. The molecule has 4 nitrogen and oxygen atoms in total. The van der Waals surface area contributed by atoms with Gasteiger partial charge in [-0.1, -0.05) is 31.2 Å². The second-order valence-electron chi connectivity index (χ2n) is 4.75. The van der Waals surface area contributed by atoms with Crippen LogP contribution in [0.2, 0.25) is 0 Å². The highest BCUT2D eigenvalue weighted by Gasteiger charge is 2.07. The van der Waals surface area contributed by atoms with Crippen LogP contribution in [0.3, 0.4) is 0 Å². The van der Waals surface area contributed by atoms with Gasteiger partial charge in [-0.2, -0.15) is 0 Å². The molecule has 4 heteroatoms. The molecule has 0 radical (unpaired) electrons. The van der Waals surface area contributed by atoms with E-state index in [1.165, 1.54) is 5.56 Å². The first-order valence-electron chi connectivity index (χ1n) is 6.87. The summed E-state index contributed by atoms with van der Waals surface area (Å²) in [6, 6.07) is 11.6. The number of pyridine rings is 1. The molecule has 1 aromatic carbocycles. The molecule has 2 aromatic heterocycles. The quantitative estimate of drug-likeness (QED) is 0.800. The van der Waals surface area contributed by atoms with Crippen molar-refractivity contribution in [1.82, 2.24) is 15.0 Å². The lowest BCUT2D eigenvalue weighted by atomic mass is 10.0. The number of aromatic nitrogens is 3. The Balaban J connectivity index is 2.07. The van der Waals surface area contributed by atoms with Crippen molar-refractivity contribution < 1.29 is 0 Å². The van der Waals surface area contributed by atoms with E-state index < -0.39 is 0 Å². The molecule has 0 aliphatic rings.